The van der Waals surface area contributed by atoms with Crippen LogP contribution >= 0.6 is 12.2 Å². The first kappa shape index (κ1) is 16.2. The third-order valence-electron chi connectivity index (χ3n) is 3.53. The number of nitrogens with zero attached hydrogens (tertiary/aromatic N) is 1. The fourth-order valence-corrected chi connectivity index (χ4v) is 2.47. The maximum atomic E-state index is 11.7. The van der Waals surface area contributed by atoms with Gasteiger partial charge in [-0.15, -0.1) is 0 Å². The van der Waals surface area contributed by atoms with Crippen LogP contribution in [0.4, 0.5) is 0 Å². The molecular formula is C15H19N3O3S. The van der Waals surface area contributed by atoms with Crippen molar-refractivity contribution in [3.8, 4) is 0 Å². The highest BCUT2D eigenvalue weighted by Gasteiger charge is 2.33. The standard InChI is InChI=1S/C15H19N3O3S/c19-13-8-12(14(20)21)10-18(13)7-6-16-15(22)17-9-11-4-2-1-3-5-11/h1-5,12H,6-10H2,(H,20,21)(H2,16,17,22). The molecule has 0 radical (unpaired) electrons. The number of benzene rings is 1. The molecule has 1 amide bonds. The molecule has 0 spiro atoms. The molecule has 6 nitrogen and oxygen atoms in total. The quantitative estimate of drug-likeness (QED) is 0.665. The summed E-state index contributed by atoms with van der Waals surface area (Å²) in [7, 11) is 0. The maximum absolute atomic E-state index is 11.7. The second-order valence-corrected chi connectivity index (χ2v) is 5.58. The Morgan fingerprint density at radius 3 is 2.68 bits per heavy atom. The van der Waals surface area contributed by atoms with E-state index >= 15 is 0 Å². The number of rotatable bonds is 6. The first-order valence-corrected chi connectivity index (χ1v) is 7.53. The van der Waals surface area contributed by atoms with E-state index < -0.39 is 11.9 Å². The zero-order chi connectivity index (χ0) is 15.9. The molecule has 118 valence electrons. The summed E-state index contributed by atoms with van der Waals surface area (Å²) in [6.45, 7) is 1.87. The van der Waals surface area contributed by atoms with Gasteiger partial charge in [0.05, 0.1) is 5.92 Å². The lowest BCUT2D eigenvalue weighted by Crippen LogP contribution is -2.40. The number of carbonyl (C=O) groups excluding carboxylic acids is 1. The van der Waals surface area contributed by atoms with Crippen molar-refractivity contribution in [2.24, 2.45) is 5.92 Å². The fraction of sp³-hybridized carbons (Fsp3) is 0.400. The highest BCUT2D eigenvalue weighted by molar-refractivity contribution is 7.80. The third kappa shape index (κ3) is 4.70. The Morgan fingerprint density at radius 1 is 1.32 bits per heavy atom. The van der Waals surface area contributed by atoms with Crippen LogP contribution in [0.2, 0.25) is 0 Å². The molecule has 1 fully saturated rings. The second kappa shape index (κ2) is 7.74. The Hall–Kier alpha value is -2.15. The van der Waals surface area contributed by atoms with Crippen molar-refractivity contribution in [1.29, 1.82) is 0 Å². The molecule has 7 heteroatoms. The normalized spacial score (nSPS) is 17.4. The molecule has 1 atom stereocenters. The van der Waals surface area contributed by atoms with E-state index in [1.165, 1.54) is 0 Å². The van der Waals surface area contributed by atoms with E-state index in [4.69, 9.17) is 17.3 Å². The van der Waals surface area contributed by atoms with Crippen LogP contribution < -0.4 is 10.6 Å². The van der Waals surface area contributed by atoms with Gasteiger partial charge in [0, 0.05) is 32.6 Å². The number of carbonyl (C=O) groups is 2. The van der Waals surface area contributed by atoms with Crippen molar-refractivity contribution in [3.63, 3.8) is 0 Å². The number of aliphatic carboxylic acids is 1. The minimum absolute atomic E-state index is 0.0893. The molecule has 0 aliphatic carbocycles. The van der Waals surface area contributed by atoms with E-state index in [0.717, 1.165) is 5.56 Å². The van der Waals surface area contributed by atoms with Gasteiger partial charge in [-0.3, -0.25) is 9.59 Å². The molecule has 1 aliphatic rings. The molecule has 1 aromatic rings. The summed E-state index contributed by atoms with van der Waals surface area (Å²) in [4.78, 5) is 24.1. The molecule has 1 unspecified atom stereocenters. The average Bonchev–Trinajstić information content (AvgIpc) is 2.88. The summed E-state index contributed by atoms with van der Waals surface area (Å²) in [5, 5.41) is 15.5. The van der Waals surface area contributed by atoms with E-state index in [1.807, 2.05) is 30.3 Å². The van der Waals surface area contributed by atoms with E-state index in [0.29, 0.717) is 24.7 Å². The van der Waals surface area contributed by atoms with Crippen molar-refractivity contribution < 1.29 is 14.7 Å². The first-order valence-electron chi connectivity index (χ1n) is 7.12. The molecule has 0 saturated carbocycles. The van der Waals surface area contributed by atoms with Gasteiger partial charge < -0.3 is 20.6 Å². The summed E-state index contributed by atoms with van der Waals surface area (Å²) in [6, 6.07) is 9.89. The van der Waals surface area contributed by atoms with Crippen molar-refractivity contribution >= 4 is 29.2 Å². The van der Waals surface area contributed by atoms with Crippen LogP contribution in [0, 0.1) is 5.92 Å². The lowest BCUT2D eigenvalue weighted by atomic mass is 10.1. The van der Waals surface area contributed by atoms with E-state index in [2.05, 4.69) is 10.6 Å². The molecule has 3 N–H and O–H groups in total. The smallest absolute Gasteiger partial charge is 0.308 e. The summed E-state index contributed by atoms with van der Waals surface area (Å²) in [5.41, 5.74) is 1.13. The number of carboxylic acid groups (broad SMARTS) is 1. The van der Waals surface area contributed by atoms with Gasteiger partial charge in [0.15, 0.2) is 5.11 Å². The van der Waals surface area contributed by atoms with Crippen LogP contribution in [0.15, 0.2) is 30.3 Å². The molecular weight excluding hydrogens is 302 g/mol. The number of nitrogens with one attached hydrogen (secondary N) is 2. The van der Waals surface area contributed by atoms with Gasteiger partial charge in [-0.25, -0.2) is 0 Å². The van der Waals surface area contributed by atoms with Crippen LogP contribution in [0.1, 0.15) is 12.0 Å². The monoisotopic (exact) mass is 321 g/mol. The molecule has 1 saturated heterocycles. The van der Waals surface area contributed by atoms with Gasteiger partial charge >= 0.3 is 5.97 Å². The number of carboxylic acids is 1. The van der Waals surface area contributed by atoms with Gasteiger partial charge in [0.1, 0.15) is 0 Å². The van der Waals surface area contributed by atoms with Crippen LogP contribution in [-0.2, 0) is 16.1 Å². The molecule has 1 heterocycles. The van der Waals surface area contributed by atoms with E-state index in [9.17, 15) is 9.59 Å². The Morgan fingerprint density at radius 2 is 2.05 bits per heavy atom. The van der Waals surface area contributed by atoms with Crippen molar-refractivity contribution in [1.82, 2.24) is 15.5 Å². The highest BCUT2D eigenvalue weighted by atomic mass is 32.1. The van der Waals surface area contributed by atoms with Crippen LogP contribution in [0.3, 0.4) is 0 Å². The first-order chi connectivity index (χ1) is 10.6. The van der Waals surface area contributed by atoms with Gasteiger partial charge in [0.25, 0.3) is 0 Å². The average molecular weight is 321 g/mol. The zero-order valence-corrected chi connectivity index (χ0v) is 12.9. The number of amides is 1. The van der Waals surface area contributed by atoms with Gasteiger partial charge in [-0.2, -0.15) is 0 Å². The van der Waals surface area contributed by atoms with Crippen molar-refractivity contribution in [3.05, 3.63) is 35.9 Å². The largest absolute Gasteiger partial charge is 0.481 e. The molecule has 1 aliphatic heterocycles. The van der Waals surface area contributed by atoms with Crippen LogP contribution in [-0.4, -0.2) is 46.6 Å². The molecule has 22 heavy (non-hydrogen) atoms. The molecule has 0 aromatic heterocycles. The predicted molar refractivity (Wildman–Crippen MR) is 86.2 cm³/mol. The molecule has 1 aromatic carbocycles. The number of hydrogen-bond donors (Lipinski definition) is 3. The van der Waals surface area contributed by atoms with Crippen LogP contribution in [0.5, 0.6) is 0 Å². The lowest BCUT2D eigenvalue weighted by molar-refractivity contribution is -0.141. The number of likely N-dealkylation sites (tertiary alicyclic amines) is 1. The highest BCUT2D eigenvalue weighted by Crippen LogP contribution is 2.16. The van der Waals surface area contributed by atoms with Gasteiger partial charge in [-0.1, -0.05) is 30.3 Å². The van der Waals surface area contributed by atoms with Crippen LogP contribution in [0.25, 0.3) is 0 Å². The summed E-state index contributed by atoms with van der Waals surface area (Å²) >= 11 is 5.17. The molecule has 2 rings (SSSR count). The minimum Gasteiger partial charge on any atom is -0.481 e. The minimum atomic E-state index is -0.913. The van der Waals surface area contributed by atoms with E-state index in [-0.39, 0.29) is 18.9 Å². The predicted octanol–water partition coefficient (Wildman–Crippen LogP) is 0.584. The number of hydrogen-bond acceptors (Lipinski definition) is 3. The Bertz CT molecular complexity index is 550. The maximum Gasteiger partial charge on any atom is 0.308 e. The molecule has 0 bridgehead atoms. The zero-order valence-electron chi connectivity index (χ0n) is 12.1. The Kier molecular flexibility index (Phi) is 5.71. The van der Waals surface area contributed by atoms with Gasteiger partial charge in [0.2, 0.25) is 5.91 Å². The van der Waals surface area contributed by atoms with E-state index in [1.54, 1.807) is 4.90 Å². The summed E-state index contributed by atoms with van der Waals surface area (Å²) < 4.78 is 0. The van der Waals surface area contributed by atoms with Gasteiger partial charge in [-0.05, 0) is 17.8 Å². The summed E-state index contributed by atoms with van der Waals surface area (Å²) in [5.74, 6) is -1.61. The Balaban J connectivity index is 1.65. The topological polar surface area (TPSA) is 81.7 Å². The van der Waals surface area contributed by atoms with Crippen molar-refractivity contribution in [2.45, 2.75) is 13.0 Å². The lowest BCUT2D eigenvalue weighted by Gasteiger charge is -2.17. The SMILES string of the molecule is O=C(O)C1CC(=O)N(CCNC(=S)NCc2ccccc2)C1. The second-order valence-electron chi connectivity index (χ2n) is 5.17. The van der Waals surface area contributed by atoms with Crippen molar-refractivity contribution in [2.75, 3.05) is 19.6 Å². The third-order valence-corrected chi connectivity index (χ3v) is 3.82. The fourth-order valence-electron chi connectivity index (χ4n) is 2.30. The Labute approximate surface area is 134 Å². The number of thiocarbonyl (C=S) groups is 1. The summed E-state index contributed by atoms with van der Waals surface area (Å²) in [6.07, 6.45) is 0.0893.